The number of ether oxygens (including phenoxy) is 1. The Kier molecular flexibility index (Phi) is 3.87. The molecule has 1 aromatic carbocycles. The first-order valence-electron chi connectivity index (χ1n) is 6.27. The first kappa shape index (κ1) is 12.9. The van der Waals surface area contributed by atoms with Gasteiger partial charge in [-0.15, -0.1) is 0 Å². The maximum Gasteiger partial charge on any atom is 0.121 e. The molecule has 0 radical (unpaired) electrons. The lowest BCUT2D eigenvalue weighted by atomic mass is 10.3. The average Bonchev–Trinajstić information content (AvgIpc) is 2.64. The highest BCUT2D eigenvalue weighted by atomic mass is 16.5. The summed E-state index contributed by atoms with van der Waals surface area (Å²) in [5.74, 6) is 1.93. The minimum atomic E-state index is 0.862. The van der Waals surface area contributed by atoms with Crippen molar-refractivity contribution in [1.29, 1.82) is 0 Å². The molecular formula is C14H21N3O. The molecule has 0 atom stereocenters. The molecule has 1 heterocycles. The van der Waals surface area contributed by atoms with Crippen LogP contribution in [0.3, 0.4) is 0 Å². The van der Waals surface area contributed by atoms with Crippen molar-refractivity contribution in [1.82, 2.24) is 14.5 Å². The Hall–Kier alpha value is -1.55. The Morgan fingerprint density at radius 2 is 2.11 bits per heavy atom. The van der Waals surface area contributed by atoms with Gasteiger partial charge in [0.05, 0.1) is 18.1 Å². The normalized spacial score (nSPS) is 11.4. The quantitative estimate of drug-likeness (QED) is 0.812. The maximum absolute atomic E-state index is 5.23. The van der Waals surface area contributed by atoms with Crippen LogP contribution < -0.4 is 4.74 Å². The molecular weight excluding hydrogens is 226 g/mol. The van der Waals surface area contributed by atoms with Gasteiger partial charge in [-0.05, 0) is 46.1 Å². The summed E-state index contributed by atoms with van der Waals surface area (Å²) in [5, 5.41) is 0. The molecule has 4 heteroatoms. The molecule has 98 valence electrons. The summed E-state index contributed by atoms with van der Waals surface area (Å²) in [7, 11) is 5.88. The van der Waals surface area contributed by atoms with Crippen molar-refractivity contribution in [2.75, 3.05) is 27.7 Å². The van der Waals surface area contributed by atoms with Crippen LogP contribution >= 0.6 is 0 Å². The molecule has 2 rings (SSSR count). The molecule has 0 amide bonds. The second kappa shape index (κ2) is 5.40. The van der Waals surface area contributed by atoms with E-state index in [9.17, 15) is 0 Å². The molecule has 0 fully saturated rings. The summed E-state index contributed by atoms with van der Waals surface area (Å²) in [6.45, 7) is 4.16. The largest absolute Gasteiger partial charge is 0.497 e. The Balaban J connectivity index is 2.24. The predicted octanol–water partition coefficient (Wildman–Crippen LogP) is 2.31. The standard InChI is InChI=1S/C14H21N3O/c1-11-15-13-10-12(18-4)6-7-14(13)17(11)9-5-8-16(2)3/h6-7,10H,5,8-9H2,1-4H3. The van der Waals surface area contributed by atoms with Crippen LogP contribution in [0.15, 0.2) is 18.2 Å². The first-order chi connectivity index (χ1) is 8.61. The van der Waals surface area contributed by atoms with Gasteiger partial charge in [-0.25, -0.2) is 4.98 Å². The van der Waals surface area contributed by atoms with Gasteiger partial charge in [0.25, 0.3) is 0 Å². The van der Waals surface area contributed by atoms with Gasteiger partial charge in [-0.3, -0.25) is 0 Å². The molecule has 18 heavy (non-hydrogen) atoms. The lowest BCUT2D eigenvalue weighted by Crippen LogP contribution is -2.15. The lowest BCUT2D eigenvalue weighted by molar-refractivity contribution is 0.386. The number of hydrogen-bond donors (Lipinski definition) is 0. The molecule has 2 aromatic rings. The Labute approximate surface area is 108 Å². The van der Waals surface area contributed by atoms with Crippen molar-refractivity contribution in [3.63, 3.8) is 0 Å². The Bertz CT molecular complexity index is 531. The molecule has 0 saturated heterocycles. The van der Waals surface area contributed by atoms with Gasteiger partial charge < -0.3 is 14.2 Å². The fourth-order valence-corrected chi connectivity index (χ4v) is 2.18. The summed E-state index contributed by atoms with van der Waals surface area (Å²) in [6.07, 6.45) is 1.13. The molecule has 1 aromatic heterocycles. The van der Waals surface area contributed by atoms with Gasteiger partial charge in [0.1, 0.15) is 11.6 Å². The van der Waals surface area contributed by atoms with Crippen molar-refractivity contribution >= 4 is 11.0 Å². The number of benzene rings is 1. The van der Waals surface area contributed by atoms with E-state index in [2.05, 4.69) is 41.5 Å². The molecule has 0 bridgehead atoms. The van der Waals surface area contributed by atoms with Gasteiger partial charge in [-0.1, -0.05) is 0 Å². The number of methoxy groups -OCH3 is 1. The van der Waals surface area contributed by atoms with Crippen LogP contribution in [-0.4, -0.2) is 42.2 Å². The minimum Gasteiger partial charge on any atom is -0.497 e. The van der Waals surface area contributed by atoms with Gasteiger partial charge in [0.2, 0.25) is 0 Å². The zero-order chi connectivity index (χ0) is 13.1. The highest BCUT2D eigenvalue weighted by Crippen LogP contribution is 2.21. The summed E-state index contributed by atoms with van der Waals surface area (Å²) >= 11 is 0. The number of imidazole rings is 1. The number of hydrogen-bond acceptors (Lipinski definition) is 3. The summed E-state index contributed by atoms with van der Waals surface area (Å²) < 4.78 is 7.50. The van der Waals surface area contributed by atoms with Crippen molar-refractivity contribution in [2.24, 2.45) is 0 Å². The number of aryl methyl sites for hydroxylation is 2. The SMILES string of the molecule is COc1ccc2c(c1)nc(C)n2CCCN(C)C. The third-order valence-electron chi connectivity index (χ3n) is 3.13. The summed E-state index contributed by atoms with van der Waals surface area (Å²) in [4.78, 5) is 6.79. The minimum absolute atomic E-state index is 0.862. The van der Waals surface area contributed by atoms with Gasteiger partial charge >= 0.3 is 0 Å². The fourth-order valence-electron chi connectivity index (χ4n) is 2.18. The topological polar surface area (TPSA) is 30.3 Å². The molecule has 4 nitrogen and oxygen atoms in total. The number of fused-ring (bicyclic) bond motifs is 1. The molecule has 0 aliphatic carbocycles. The second-order valence-electron chi connectivity index (χ2n) is 4.82. The highest BCUT2D eigenvalue weighted by Gasteiger charge is 2.08. The third kappa shape index (κ3) is 2.64. The van der Waals surface area contributed by atoms with E-state index in [1.54, 1.807) is 7.11 Å². The Morgan fingerprint density at radius 3 is 2.78 bits per heavy atom. The van der Waals surface area contributed by atoms with Crippen LogP contribution in [-0.2, 0) is 6.54 Å². The molecule has 0 saturated carbocycles. The van der Waals surface area contributed by atoms with Gasteiger partial charge in [0, 0.05) is 12.6 Å². The van der Waals surface area contributed by atoms with Gasteiger partial charge in [-0.2, -0.15) is 0 Å². The van der Waals surface area contributed by atoms with Crippen molar-refractivity contribution < 1.29 is 4.74 Å². The van der Waals surface area contributed by atoms with Crippen molar-refractivity contribution in [3.8, 4) is 5.75 Å². The monoisotopic (exact) mass is 247 g/mol. The molecule has 0 spiro atoms. The van der Waals surface area contributed by atoms with Crippen LogP contribution in [0.5, 0.6) is 5.75 Å². The van der Waals surface area contributed by atoms with Crippen LogP contribution in [0.2, 0.25) is 0 Å². The van der Waals surface area contributed by atoms with E-state index >= 15 is 0 Å². The summed E-state index contributed by atoms with van der Waals surface area (Å²) in [6, 6.07) is 6.07. The molecule has 0 aliphatic rings. The second-order valence-corrected chi connectivity index (χ2v) is 4.82. The third-order valence-corrected chi connectivity index (χ3v) is 3.13. The van der Waals surface area contributed by atoms with Crippen molar-refractivity contribution in [2.45, 2.75) is 19.9 Å². The maximum atomic E-state index is 5.23. The highest BCUT2D eigenvalue weighted by molar-refractivity contribution is 5.77. The molecule has 0 aliphatic heterocycles. The van der Waals surface area contributed by atoms with Gasteiger partial charge in [0.15, 0.2) is 0 Å². The van der Waals surface area contributed by atoms with Crippen LogP contribution in [0, 0.1) is 6.92 Å². The van der Waals surface area contributed by atoms with Crippen LogP contribution in [0.4, 0.5) is 0 Å². The number of nitrogens with zero attached hydrogens (tertiary/aromatic N) is 3. The lowest BCUT2D eigenvalue weighted by Gasteiger charge is -2.11. The molecule has 0 unspecified atom stereocenters. The molecule has 0 N–H and O–H groups in total. The fraction of sp³-hybridized carbons (Fsp3) is 0.500. The van der Waals surface area contributed by atoms with E-state index in [4.69, 9.17) is 4.74 Å². The first-order valence-corrected chi connectivity index (χ1v) is 6.27. The van der Waals surface area contributed by atoms with E-state index in [0.29, 0.717) is 0 Å². The zero-order valence-corrected chi connectivity index (χ0v) is 11.6. The van der Waals surface area contributed by atoms with E-state index in [-0.39, 0.29) is 0 Å². The van der Waals surface area contributed by atoms with E-state index in [1.807, 2.05) is 12.1 Å². The number of aromatic nitrogens is 2. The predicted molar refractivity (Wildman–Crippen MR) is 74.2 cm³/mol. The Morgan fingerprint density at radius 1 is 1.33 bits per heavy atom. The van der Waals surface area contributed by atoms with Crippen molar-refractivity contribution in [3.05, 3.63) is 24.0 Å². The summed E-state index contributed by atoms with van der Waals surface area (Å²) in [5.41, 5.74) is 2.20. The average molecular weight is 247 g/mol. The van der Waals surface area contributed by atoms with Crippen LogP contribution in [0.1, 0.15) is 12.2 Å². The number of rotatable bonds is 5. The zero-order valence-electron chi connectivity index (χ0n) is 11.6. The van der Waals surface area contributed by atoms with E-state index < -0.39 is 0 Å². The van der Waals surface area contributed by atoms with E-state index in [1.165, 1.54) is 5.52 Å². The van der Waals surface area contributed by atoms with E-state index in [0.717, 1.165) is 36.6 Å². The smallest absolute Gasteiger partial charge is 0.121 e. The van der Waals surface area contributed by atoms with Crippen LogP contribution in [0.25, 0.3) is 11.0 Å².